The highest BCUT2D eigenvalue weighted by Gasteiger charge is 2.23. The minimum atomic E-state index is -0.287. The number of carbonyl (C=O) groups is 1. The summed E-state index contributed by atoms with van der Waals surface area (Å²) in [6, 6.07) is 11.6. The molecular formula is C18H18FNO3S. The number of methoxy groups -OCH3 is 1. The molecule has 1 aliphatic heterocycles. The predicted octanol–water partition coefficient (Wildman–Crippen LogP) is 3.57. The van der Waals surface area contributed by atoms with Crippen LogP contribution in [0.3, 0.4) is 0 Å². The number of nitrogens with one attached hydrogen (secondary N) is 1. The van der Waals surface area contributed by atoms with Crippen LogP contribution in [0.4, 0.5) is 4.39 Å². The average molecular weight is 347 g/mol. The molecular weight excluding hydrogens is 329 g/mol. The molecule has 0 saturated carbocycles. The summed E-state index contributed by atoms with van der Waals surface area (Å²) in [5.41, 5.74) is 0.837. The zero-order valence-electron chi connectivity index (χ0n) is 13.3. The second kappa shape index (κ2) is 7.57. The second-order valence-electron chi connectivity index (χ2n) is 5.40. The minimum Gasteiger partial charge on any atom is -0.497 e. The van der Waals surface area contributed by atoms with Crippen LogP contribution in [0.5, 0.6) is 11.5 Å². The van der Waals surface area contributed by atoms with E-state index in [2.05, 4.69) is 5.32 Å². The third-order valence-electron chi connectivity index (χ3n) is 3.78. The monoisotopic (exact) mass is 347 g/mol. The molecule has 0 spiro atoms. The van der Waals surface area contributed by atoms with E-state index >= 15 is 0 Å². The van der Waals surface area contributed by atoms with E-state index in [1.54, 1.807) is 49.2 Å². The summed E-state index contributed by atoms with van der Waals surface area (Å²) in [6.45, 7) is -0.0827. The first-order valence-electron chi connectivity index (χ1n) is 7.64. The van der Waals surface area contributed by atoms with Crippen molar-refractivity contribution in [2.45, 2.75) is 17.4 Å². The fraction of sp³-hybridized carbons (Fsp3) is 0.278. The Morgan fingerprint density at radius 3 is 2.75 bits per heavy atom. The Labute approximate surface area is 144 Å². The molecule has 1 N–H and O–H groups in total. The molecule has 24 heavy (non-hydrogen) atoms. The number of thioether (sulfide) groups is 1. The lowest BCUT2D eigenvalue weighted by atomic mass is 10.0. The molecule has 2 aromatic rings. The molecule has 0 aliphatic carbocycles. The van der Waals surface area contributed by atoms with Gasteiger partial charge >= 0.3 is 0 Å². The van der Waals surface area contributed by atoms with Gasteiger partial charge in [-0.1, -0.05) is 0 Å². The van der Waals surface area contributed by atoms with Crippen LogP contribution in [0.2, 0.25) is 0 Å². The van der Waals surface area contributed by atoms with Gasteiger partial charge in [-0.3, -0.25) is 4.79 Å². The number of carbonyl (C=O) groups excluding carboxylic acids is 1. The van der Waals surface area contributed by atoms with Gasteiger partial charge in [-0.2, -0.15) is 0 Å². The summed E-state index contributed by atoms with van der Waals surface area (Å²) in [4.78, 5) is 13.2. The molecule has 3 rings (SSSR count). The molecule has 0 aromatic heterocycles. The number of fused-ring (bicyclic) bond motifs is 1. The van der Waals surface area contributed by atoms with Gasteiger partial charge in [0.05, 0.1) is 13.2 Å². The quantitative estimate of drug-likeness (QED) is 0.898. The Morgan fingerprint density at radius 2 is 2.00 bits per heavy atom. The van der Waals surface area contributed by atoms with Crippen LogP contribution in [-0.2, 0) is 4.79 Å². The maximum Gasteiger partial charge on any atom is 0.258 e. The van der Waals surface area contributed by atoms with E-state index in [1.165, 1.54) is 12.1 Å². The van der Waals surface area contributed by atoms with Crippen molar-refractivity contribution in [1.82, 2.24) is 5.32 Å². The lowest BCUT2D eigenvalue weighted by Gasteiger charge is -2.26. The number of rotatable bonds is 5. The second-order valence-corrected chi connectivity index (χ2v) is 6.54. The Balaban J connectivity index is 1.58. The topological polar surface area (TPSA) is 47.6 Å². The van der Waals surface area contributed by atoms with E-state index in [9.17, 15) is 9.18 Å². The van der Waals surface area contributed by atoms with Crippen molar-refractivity contribution in [3.8, 4) is 11.5 Å². The Bertz CT molecular complexity index is 721. The maximum absolute atomic E-state index is 13.5. The van der Waals surface area contributed by atoms with Crippen molar-refractivity contribution < 1.29 is 18.7 Å². The molecule has 126 valence electrons. The van der Waals surface area contributed by atoms with Gasteiger partial charge < -0.3 is 14.8 Å². The van der Waals surface area contributed by atoms with Crippen LogP contribution in [-0.4, -0.2) is 25.4 Å². The lowest BCUT2D eigenvalue weighted by Crippen LogP contribution is -2.34. The van der Waals surface area contributed by atoms with Gasteiger partial charge in [0.15, 0.2) is 6.61 Å². The summed E-state index contributed by atoms with van der Waals surface area (Å²) < 4.78 is 24.0. The Kier molecular flexibility index (Phi) is 5.25. The number of ether oxygens (including phenoxy) is 2. The molecule has 0 radical (unpaired) electrons. The van der Waals surface area contributed by atoms with E-state index in [-0.39, 0.29) is 24.4 Å². The summed E-state index contributed by atoms with van der Waals surface area (Å²) >= 11 is 1.68. The molecule has 1 aliphatic rings. The van der Waals surface area contributed by atoms with Crippen LogP contribution in [0.15, 0.2) is 47.4 Å². The fourth-order valence-electron chi connectivity index (χ4n) is 2.57. The van der Waals surface area contributed by atoms with Crippen molar-refractivity contribution in [3.05, 3.63) is 53.8 Å². The first-order valence-corrected chi connectivity index (χ1v) is 8.63. The third-order valence-corrected chi connectivity index (χ3v) is 4.90. The van der Waals surface area contributed by atoms with Crippen LogP contribution in [0.25, 0.3) is 0 Å². The van der Waals surface area contributed by atoms with Gasteiger partial charge in [-0.15, -0.1) is 11.8 Å². The first kappa shape index (κ1) is 16.6. The van der Waals surface area contributed by atoms with Gasteiger partial charge in [0.2, 0.25) is 0 Å². The van der Waals surface area contributed by atoms with Gasteiger partial charge in [0.25, 0.3) is 5.91 Å². The highest BCUT2D eigenvalue weighted by atomic mass is 32.2. The maximum atomic E-state index is 13.5. The van der Waals surface area contributed by atoms with Crippen molar-refractivity contribution in [1.29, 1.82) is 0 Å². The van der Waals surface area contributed by atoms with Crippen LogP contribution >= 0.6 is 11.8 Å². The normalized spacial score (nSPS) is 16.2. The molecule has 1 heterocycles. The van der Waals surface area contributed by atoms with Gasteiger partial charge in [-0.05, 0) is 54.4 Å². The van der Waals surface area contributed by atoms with E-state index in [4.69, 9.17) is 9.47 Å². The number of benzene rings is 2. The fourth-order valence-corrected chi connectivity index (χ4v) is 3.68. The smallest absolute Gasteiger partial charge is 0.258 e. The molecule has 0 unspecified atom stereocenters. The zero-order chi connectivity index (χ0) is 16.9. The molecule has 1 amide bonds. The Morgan fingerprint density at radius 1 is 1.25 bits per heavy atom. The van der Waals surface area contributed by atoms with Crippen LogP contribution < -0.4 is 14.8 Å². The van der Waals surface area contributed by atoms with Crippen LogP contribution in [0.1, 0.15) is 18.0 Å². The summed E-state index contributed by atoms with van der Waals surface area (Å²) in [6.07, 6.45) is 0.773. The van der Waals surface area contributed by atoms with Crippen LogP contribution in [0, 0.1) is 5.82 Å². The molecule has 0 fully saturated rings. The molecule has 0 bridgehead atoms. The number of hydrogen-bond acceptors (Lipinski definition) is 4. The lowest BCUT2D eigenvalue weighted by molar-refractivity contribution is -0.123. The largest absolute Gasteiger partial charge is 0.497 e. The standard InChI is InChI=1S/C18H18FNO3S/c1-22-13-3-5-14(6-4-13)23-11-18(21)20-16-8-9-24-17-7-2-12(19)10-15(16)17/h2-7,10,16H,8-9,11H2,1H3,(H,20,21)/t16-/m0/s1. The molecule has 6 heteroatoms. The van der Waals surface area contributed by atoms with Gasteiger partial charge in [0, 0.05) is 10.6 Å². The summed E-state index contributed by atoms with van der Waals surface area (Å²) in [5.74, 6) is 1.70. The predicted molar refractivity (Wildman–Crippen MR) is 91.1 cm³/mol. The van der Waals surface area contributed by atoms with Crippen molar-refractivity contribution in [2.75, 3.05) is 19.5 Å². The zero-order valence-corrected chi connectivity index (χ0v) is 14.1. The van der Waals surface area contributed by atoms with E-state index in [1.807, 2.05) is 0 Å². The third kappa shape index (κ3) is 4.00. The van der Waals surface area contributed by atoms with Crippen molar-refractivity contribution in [2.24, 2.45) is 0 Å². The van der Waals surface area contributed by atoms with Gasteiger partial charge in [-0.25, -0.2) is 4.39 Å². The molecule has 0 saturated heterocycles. The summed E-state index contributed by atoms with van der Waals surface area (Å²) in [5, 5.41) is 2.93. The average Bonchev–Trinajstić information content (AvgIpc) is 2.61. The van der Waals surface area contributed by atoms with E-state index in [0.29, 0.717) is 5.75 Å². The SMILES string of the molecule is COc1ccc(OCC(=O)N[C@H]2CCSc3ccc(F)cc32)cc1. The number of amides is 1. The summed E-state index contributed by atoms with van der Waals surface area (Å²) in [7, 11) is 1.59. The molecule has 4 nitrogen and oxygen atoms in total. The first-order chi connectivity index (χ1) is 11.7. The minimum absolute atomic E-state index is 0.0827. The number of halogens is 1. The number of hydrogen-bond donors (Lipinski definition) is 1. The van der Waals surface area contributed by atoms with E-state index in [0.717, 1.165) is 28.4 Å². The molecule has 2 aromatic carbocycles. The highest BCUT2D eigenvalue weighted by Crippen LogP contribution is 2.36. The highest BCUT2D eigenvalue weighted by molar-refractivity contribution is 7.99. The molecule has 1 atom stereocenters. The van der Waals surface area contributed by atoms with Crippen molar-refractivity contribution >= 4 is 17.7 Å². The van der Waals surface area contributed by atoms with Crippen molar-refractivity contribution in [3.63, 3.8) is 0 Å². The van der Waals surface area contributed by atoms with E-state index < -0.39 is 0 Å². The van der Waals surface area contributed by atoms with Gasteiger partial charge in [0.1, 0.15) is 17.3 Å². The Hall–Kier alpha value is -2.21.